The molecule has 1 aliphatic rings. The zero-order valence-corrected chi connectivity index (χ0v) is 17.1. The maximum Gasteiger partial charge on any atom is 0.337 e. The van der Waals surface area contributed by atoms with Gasteiger partial charge >= 0.3 is 5.97 Å². The first-order valence-electron chi connectivity index (χ1n) is 9.08. The van der Waals surface area contributed by atoms with Gasteiger partial charge in [-0.25, -0.2) is 4.79 Å². The number of carbonyl (C=O) groups excluding carboxylic acids is 2. The number of rotatable bonds is 6. The van der Waals surface area contributed by atoms with Gasteiger partial charge in [0.1, 0.15) is 0 Å². The molecule has 0 spiro atoms. The molecule has 0 bridgehead atoms. The molecule has 3 rings (SSSR count). The van der Waals surface area contributed by atoms with Crippen LogP contribution in [0.4, 0.5) is 5.69 Å². The predicted molar refractivity (Wildman–Crippen MR) is 108 cm³/mol. The van der Waals surface area contributed by atoms with Crippen molar-refractivity contribution in [2.24, 2.45) is 0 Å². The van der Waals surface area contributed by atoms with E-state index in [1.807, 2.05) is 31.2 Å². The number of nitrogens with one attached hydrogen (secondary N) is 1. The van der Waals surface area contributed by atoms with Crippen molar-refractivity contribution in [3.8, 4) is 0 Å². The Hall–Kier alpha value is -2.75. The molecular weight excluding hydrogens is 394 g/mol. The van der Waals surface area contributed by atoms with E-state index in [4.69, 9.17) is 0 Å². The Kier molecular flexibility index (Phi) is 6.31. The van der Waals surface area contributed by atoms with E-state index in [0.29, 0.717) is 17.8 Å². The van der Waals surface area contributed by atoms with Gasteiger partial charge in [0.25, 0.3) is 10.2 Å². The first-order chi connectivity index (χ1) is 13.8. The maximum atomic E-state index is 12.7. The van der Waals surface area contributed by atoms with Crippen molar-refractivity contribution in [2.45, 2.75) is 13.5 Å². The molecule has 1 amide bonds. The number of ether oxygens (including phenoxy) is 1. The lowest BCUT2D eigenvalue weighted by molar-refractivity contribution is -0.116. The van der Waals surface area contributed by atoms with Crippen molar-refractivity contribution in [1.29, 1.82) is 0 Å². The zero-order chi connectivity index (χ0) is 21.0. The van der Waals surface area contributed by atoms with E-state index in [1.54, 1.807) is 12.1 Å². The first kappa shape index (κ1) is 21.0. The van der Waals surface area contributed by atoms with Crippen molar-refractivity contribution < 1.29 is 22.7 Å². The Balaban J connectivity index is 1.59. The largest absolute Gasteiger partial charge is 0.465 e. The smallest absolute Gasteiger partial charge is 0.337 e. The Morgan fingerprint density at radius 3 is 2.24 bits per heavy atom. The van der Waals surface area contributed by atoms with Crippen LogP contribution in [-0.4, -0.2) is 55.6 Å². The summed E-state index contributed by atoms with van der Waals surface area (Å²) in [7, 11) is -2.41. The van der Waals surface area contributed by atoms with Crippen LogP contribution in [0, 0.1) is 6.92 Å². The number of anilines is 1. The van der Waals surface area contributed by atoms with E-state index in [-0.39, 0.29) is 19.6 Å². The van der Waals surface area contributed by atoms with Gasteiger partial charge in [-0.2, -0.15) is 17.0 Å². The Bertz CT molecular complexity index is 988. The summed E-state index contributed by atoms with van der Waals surface area (Å²) in [6.45, 7) is 2.56. The summed E-state index contributed by atoms with van der Waals surface area (Å²) >= 11 is 0. The molecule has 9 heteroatoms. The molecule has 1 saturated heterocycles. The second kappa shape index (κ2) is 8.73. The van der Waals surface area contributed by atoms with Crippen molar-refractivity contribution in [3.05, 3.63) is 65.2 Å². The standard InChI is InChI=1S/C20H23N3O5S/c1-15-3-5-16(6-4-15)13-22-11-12-23(29(22,26)27)14-19(24)21-18-9-7-17(8-10-18)20(25)28-2/h3-10H,11-14H2,1-2H3,(H,21,24). The van der Waals surface area contributed by atoms with Gasteiger partial charge in [-0.1, -0.05) is 29.8 Å². The minimum Gasteiger partial charge on any atom is -0.465 e. The van der Waals surface area contributed by atoms with Crippen LogP contribution in [0.3, 0.4) is 0 Å². The SMILES string of the molecule is COC(=O)c1ccc(NC(=O)CN2CCN(Cc3ccc(C)cc3)S2(=O)=O)cc1. The fourth-order valence-electron chi connectivity index (χ4n) is 3.00. The van der Waals surface area contributed by atoms with Gasteiger partial charge in [0.2, 0.25) is 5.91 Å². The van der Waals surface area contributed by atoms with Gasteiger partial charge in [0.05, 0.1) is 19.2 Å². The maximum absolute atomic E-state index is 12.7. The van der Waals surface area contributed by atoms with Crippen LogP contribution >= 0.6 is 0 Å². The van der Waals surface area contributed by atoms with Crippen LogP contribution in [0.5, 0.6) is 0 Å². The highest BCUT2D eigenvalue weighted by Crippen LogP contribution is 2.20. The number of methoxy groups -OCH3 is 1. The molecule has 0 aliphatic carbocycles. The summed E-state index contributed by atoms with van der Waals surface area (Å²) in [6.07, 6.45) is 0. The normalized spacial score (nSPS) is 16.5. The third-order valence-corrected chi connectivity index (χ3v) is 6.57. The van der Waals surface area contributed by atoms with Gasteiger partial charge in [0, 0.05) is 25.3 Å². The highest BCUT2D eigenvalue weighted by Gasteiger charge is 2.37. The van der Waals surface area contributed by atoms with Gasteiger partial charge in [-0.05, 0) is 36.8 Å². The molecular formula is C20H23N3O5S. The quantitative estimate of drug-likeness (QED) is 0.723. The zero-order valence-electron chi connectivity index (χ0n) is 16.3. The fourth-order valence-corrected chi connectivity index (χ4v) is 4.55. The van der Waals surface area contributed by atoms with E-state index in [1.165, 1.54) is 27.9 Å². The van der Waals surface area contributed by atoms with E-state index in [9.17, 15) is 18.0 Å². The fraction of sp³-hybridized carbons (Fsp3) is 0.300. The molecule has 29 heavy (non-hydrogen) atoms. The van der Waals surface area contributed by atoms with Gasteiger partial charge in [-0.15, -0.1) is 0 Å². The third kappa shape index (κ3) is 5.00. The number of hydrogen-bond donors (Lipinski definition) is 1. The average molecular weight is 417 g/mol. The topological polar surface area (TPSA) is 96.0 Å². The monoisotopic (exact) mass is 417 g/mol. The van der Waals surface area contributed by atoms with Crippen LogP contribution in [-0.2, 0) is 26.3 Å². The average Bonchev–Trinajstić information content (AvgIpc) is 2.97. The summed E-state index contributed by atoms with van der Waals surface area (Å²) in [5.74, 6) is -0.920. The lowest BCUT2D eigenvalue weighted by atomic mass is 10.1. The molecule has 1 N–H and O–H groups in total. The van der Waals surface area contributed by atoms with Crippen molar-refractivity contribution in [3.63, 3.8) is 0 Å². The molecule has 8 nitrogen and oxygen atoms in total. The molecule has 1 aliphatic heterocycles. The molecule has 0 saturated carbocycles. The molecule has 154 valence electrons. The summed E-state index contributed by atoms with van der Waals surface area (Å²) in [6, 6.07) is 13.9. The highest BCUT2D eigenvalue weighted by atomic mass is 32.2. The summed E-state index contributed by atoms with van der Waals surface area (Å²) in [5, 5.41) is 2.65. The molecule has 1 fully saturated rings. The minimum absolute atomic E-state index is 0.253. The highest BCUT2D eigenvalue weighted by molar-refractivity contribution is 7.87. The number of nitrogens with zero attached hydrogens (tertiary/aromatic N) is 2. The number of amides is 1. The van der Waals surface area contributed by atoms with Gasteiger partial charge in [-0.3, -0.25) is 4.79 Å². The number of hydrogen-bond acceptors (Lipinski definition) is 5. The number of esters is 1. The van der Waals surface area contributed by atoms with Gasteiger partial charge < -0.3 is 10.1 Å². The van der Waals surface area contributed by atoms with Crippen LogP contribution in [0.1, 0.15) is 21.5 Å². The lowest BCUT2D eigenvalue weighted by Crippen LogP contribution is -2.37. The van der Waals surface area contributed by atoms with Crippen LogP contribution < -0.4 is 5.32 Å². The van der Waals surface area contributed by atoms with Crippen LogP contribution in [0.25, 0.3) is 0 Å². The molecule has 2 aromatic rings. The van der Waals surface area contributed by atoms with E-state index in [0.717, 1.165) is 11.1 Å². The van der Waals surface area contributed by atoms with Crippen LogP contribution in [0.15, 0.2) is 48.5 Å². The molecule has 1 heterocycles. The summed E-state index contributed by atoms with van der Waals surface area (Å²) < 4.78 is 32.6. The summed E-state index contributed by atoms with van der Waals surface area (Å²) in [5.41, 5.74) is 2.84. The molecule has 2 aromatic carbocycles. The van der Waals surface area contributed by atoms with Crippen molar-refractivity contribution in [1.82, 2.24) is 8.61 Å². The van der Waals surface area contributed by atoms with Crippen molar-refractivity contribution in [2.75, 3.05) is 32.1 Å². The van der Waals surface area contributed by atoms with E-state index < -0.39 is 22.1 Å². The Morgan fingerprint density at radius 1 is 1.00 bits per heavy atom. The molecule has 0 aromatic heterocycles. The predicted octanol–water partition coefficient (Wildman–Crippen LogP) is 1.78. The number of benzene rings is 2. The second-order valence-corrected chi connectivity index (χ2v) is 8.71. The third-order valence-electron chi connectivity index (χ3n) is 4.64. The van der Waals surface area contributed by atoms with Crippen molar-refractivity contribution >= 4 is 27.8 Å². The van der Waals surface area contributed by atoms with E-state index in [2.05, 4.69) is 10.1 Å². The number of carbonyl (C=O) groups is 2. The molecule has 0 atom stereocenters. The van der Waals surface area contributed by atoms with Crippen LogP contribution in [0.2, 0.25) is 0 Å². The Morgan fingerprint density at radius 2 is 1.62 bits per heavy atom. The minimum atomic E-state index is -3.70. The van der Waals surface area contributed by atoms with E-state index >= 15 is 0 Å². The number of aryl methyl sites for hydroxylation is 1. The molecule has 0 radical (unpaired) electrons. The molecule has 0 unspecified atom stereocenters. The lowest BCUT2D eigenvalue weighted by Gasteiger charge is -2.18. The first-order valence-corrected chi connectivity index (χ1v) is 10.5. The second-order valence-electron chi connectivity index (χ2n) is 6.78. The van der Waals surface area contributed by atoms with Gasteiger partial charge in [0.15, 0.2) is 0 Å². The summed E-state index contributed by atoms with van der Waals surface area (Å²) in [4.78, 5) is 23.7. The Labute approximate surface area is 170 Å².